The molecule has 0 bridgehead atoms. The first-order chi connectivity index (χ1) is 10.2. The van der Waals surface area contributed by atoms with Gasteiger partial charge in [0.05, 0.1) is 10.5 Å². The number of amides is 1. The molecule has 1 amide bonds. The van der Waals surface area contributed by atoms with Gasteiger partial charge in [-0.2, -0.15) is 0 Å². The number of carbonyl (C=O) groups is 1. The number of anilines is 1. The average Bonchev–Trinajstić information content (AvgIpc) is 2.42. The molecule has 116 valence electrons. The smallest absolute Gasteiger partial charge is 0.256 e. The van der Waals surface area contributed by atoms with Crippen LogP contribution in [-0.2, 0) is 10.0 Å². The van der Waals surface area contributed by atoms with E-state index in [1.54, 1.807) is 25.1 Å². The molecule has 22 heavy (non-hydrogen) atoms. The normalized spacial score (nSPS) is 11.3. The zero-order valence-corrected chi connectivity index (χ0v) is 16.0. The van der Waals surface area contributed by atoms with E-state index >= 15 is 0 Å². The first-order valence-corrected chi connectivity index (χ1v) is 9.50. The fourth-order valence-electron chi connectivity index (χ4n) is 1.85. The summed E-state index contributed by atoms with van der Waals surface area (Å²) in [6, 6.07) is 9.93. The summed E-state index contributed by atoms with van der Waals surface area (Å²) in [7, 11) is -3.83. The van der Waals surface area contributed by atoms with Crippen LogP contribution in [0, 0.1) is 10.5 Å². The molecule has 0 radical (unpaired) electrons. The van der Waals surface area contributed by atoms with Crippen molar-refractivity contribution in [1.82, 2.24) is 0 Å². The first kappa shape index (κ1) is 17.4. The quantitative estimate of drug-likeness (QED) is 0.642. The van der Waals surface area contributed by atoms with Gasteiger partial charge in [0, 0.05) is 13.7 Å². The second-order valence-electron chi connectivity index (χ2n) is 4.60. The summed E-state index contributed by atoms with van der Waals surface area (Å²) in [6.45, 7) is 1.64. The van der Waals surface area contributed by atoms with Crippen molar-refractivity contribution in [2.75, 3.05) is 5.32 Å². The average molecular weight is 495 g/mol. The molecule has 0 fully saturated rings. The molecule has 0 heterocycles. The topological polar surface area (TPSA) is 89.3 Å². The number of benzene rings is 2. The van der Waals surface area contributed by atoms with E-state index in [1.807, 2.05) is 12.1 Å². The molecule has 3 N–H and O–H groups in total. The summed E-state index contributed by atoms with van der Waals surface area (Å²) < 4.78 is 24.6. The number of carbonyl (C=O) groups excluding carboxylic acids is 1. The molecule has 2 aromatic carbocycles. The number of nitrogens with two attached hydrogens (primary N) is 1. The van der Waals surface area contributed by atoms with Crippen LogP contribution >= 0.6 is 38.5 Å². The molecule has 0 aliphatic rings. The second-order valence-corrected chi connectivity index (χ2v) is 8.21. The highest BCUT2D eigenvalue weighted by atomic mass is 127. The van der Waals surface area contributed by atoms with Gasteiger partial charge >= 0.3 is 0 Å². The monoisotopic (exact) mass is 494 g/mol. The molecule has 0 atom stereocenters. The largest absolute Gasteiger partial charge is 0.322 e. The zero-order valence-electron chi connectivity index (χ0n) is 11.4. The second kappa shape index (κ2) is 6.65. The third-order valence-electron chi connectivity index (χ3n) is 2.93. The van der Waals surface area contributed by atoms with Crippen LogP contribution in [0.25, 0.3) is 0 Å². The Morgan fingerprint density at radius 3 is 2.55 bits per heavy atom. The van der Waals surface area contributed by atoms with Crippen LogP contribution in [0.5, 0.6) is 0 Å². The third-order valence-corrected chi connectivity index (χ3v) is 5.41. The van der Waals surface area contributed by atoms with Crippen LogP contribution in [0.1, 0.15) is 15.9 Å². The number of aryl methyl sites for hydroxylation is 1. The molecule has 0 spiro atoms. The molecule has 0 aromatic heterocycles. The van der Waals surface area contributed by atoms with E-state index in [0.717, 1.165) is 8.04 Å². The maximum absolute atomic E-state index is 12.3. The highest BCUT2D eigenvalue weighted by molar-refractivity contribution is 14.1. The Kier molecular flexibility index (Phi) is 5.25. The van der Waals surface area contributed by atoms with Crippen LogP contribution < -0.4 is 10.5 Å². The fourth-order valence-corrected chi connectivity index (χ4v) is 3.60. The van der Waals surface area contributed by atoms with Crippen LogP contribution in [0.3, 0.4) is 0 Å². The molecule has 0 saturated carbocycles. The third kappa shape index (κ3) is 4.06. The Hall–Kier alpha value is -0.970. The molecular formula is C14H12BrIN2O3S. The van der Waals surface area contributed by atoms with E-state index in [0.29, 0.717) is 16.8 Å². The van der Waals surface area contributed by atoms with Crippen LogP contribution in [0.4, 0.5) is 5.69 Å². The minimum Gasteiger partial charge on any atom is -0.322 e. The predicted octanol–water partition coefficient (Wildman–Crippen LogP) is 3.26. The number of hydrogen-bond acceptors (Lipinski definition) is 3. The van der Waals surface area contributed by atoms with Gasteiger partial charge in [-0.15, -0.1) is 0 Å². The number of primary sulfonamides is 1. The highest BCUT2D eigenvalue weighted by Crippen LogP contribution is 2.22. The van der Waals surface area contributed by atoms with Gasteiger partial charge in [-0.05, 0) is 65.4 Å². The van der Waals surface area contributed by atoms with E-state index in [2.05, 4.69) is 43.8 Å². The molecule has 5 nitrogen and oxygen atoms in total. The maximum atomic E-state index is 12.3. The van der Waals surface area contributed by atoms with Gasteiger partial charge < -0.3 is 5.32 Å². The maximum Gasteiger partial charge on any atom is 0.256 e. The van der Waals surface area contributed by atoms with E-state index in [1.165, 1.54) is 6.07 Å². The lowest BCUT2D eigenvalue weighted by Crippen LogP contribution is -2.16. The van der Waals surface area contributed by atoms with Crippen molar-refractivity contribution >= 4 is 60.1 Å². The van der Waals surface area contributed by atoms with E-state index in [9.17, 15) is 13.2 Å². The molecule has 2 aromatic rings. The van der Waals surface area contributed by atoms with Crippen molar-refractivity contribution in [3.05, 3.63) is 55.6 Å². The van der Waals surface area contributed by atoms with Crippen LogP contribution in [0.2, 0.25) is 0 Å². The van der Waals surface area contributed by atoms with Gasteiger partial charge in [-0.25, -0.2) is 13.6 Å². The highest BCUT2D eigenvalue weighted by Gasteiger charge is 2.15. The van der Waals surface area contributed by atoms with Gasteiger partial charge in [0.25, 0.3) is 5.91 Å². The van der Waals surface area contributed by atoms with E-state index in [-0.39, 0.29) is 10.8 Å². The number of sulfonamides is 1. The van der Waals surface area contributed by atoms with E-state index in [4.69, 9.17) is 5.14 Å². The van der Waals surface area contributed by atoms with Gasteiger partial charge in [-0.3, -0.25) is 4.79 Å². The van der Waals surface area contributed by atoms with Crippen LogP contribution in [-0.4, -0.2) is 14.3 Å². The summed E-state index contributed by atoms with van der Waals surface area (Å²) in [5.41, 5.74) is 1.39. The SMILES string of the molecule is Cc1ccc(NC(=O)c2cc(Br)ccc2I)cc1S(N)(=O)=O. The summed E-state index contributed by atoms with van der Waals surface area (Å²) >= 11 is 5.38. The van der Waals surface area contributed by atoms with Gasteiger partial charge in [0.1, 0.15) is 0 Å². The Bertz CT molecular complexity index is 853. The lowest BCUT2D eigenvalue weighted by molar-refractivity contribution is 0.102. The minimum atomic E-state index is -3.83. The predicted molar refractivity (Wildman–Crippen MR) is 97.4 cm³/mol. The van der Waals surface area contributed by atoms with Crippen LogP contribution in [0.15, 0.2) is 45.8 Å². The van der Waals surface area contributed by atoms with Crippen molar-refractivity contribution in [3.63, 3.8) is 0 Å². The molecule has 2 rings (SSSR count). The van der Waals surface area contributed by atoms with Crippen molar-refractivity contribution in [2.45, 2.75) is 11.8 Å². The summed E-state index contributed by atoms with van der Waals surface area (Å²) in [5, 5.41) is 7.85. The molecule has 0 aliphatic carbocycles. The zero-order chi connectivity index (χ0) is 16.5. The van der Waals surface area contributed by atoms with Gasteiger partial charge in [-0.1, -0.05) is 22.0 Å². The number of rotatable bonds is 3. The van der Waals surface area contributed by atoms with Gasteiger partial charge in [0.15, 0.2) is 0 Å². The molecule has 8 heteroatoms. The van der Waals surface area contributed by atoms with Crippen molar-refractivity contribution in [2.24, 2.45) is 5.14 Å². The summed E-state index contributed by atoms with van der Waals surface area (Å²) in [4.78, 5) is 12.3. The molecule has 0 aliphatic heterocycles. The van der Waals surface area contributed by atoms with Gasteiger partial charge in [0.2, 0.25) is 10.0 Å². The first-order valence-electron chi connectivity index (χ1n) is 6.08. The number of nitrogens with one attached hydrogen (secondary N) is 1. The molecular weight excluding hydrogens is 483 g/mol. The van der Waals surface area contributed by atoms with Crippen molar-refractivity contribution in [3.8, 4) is 0 Å². The standard InChI is InChI=1S/C14H12BrIN2O3S/c1-8-2-4-10(7-13(8)22(17,20)21)18-14(19)11-6-9(15)3-5-12(11)16/h2-7H,1H3,(H,18,19)(H2,17,20,21). The van der Waals surface area contributed by atoms with Crippen molar-refractivity contribution < 1.29 is 13.2 Å². The van der Waals surface area contributed by atoms with E-state index < -0.39 is 10.0 Å². The lowest BCUT2D eigenvalue weighted by Gasteiger charge is -2.10. The fraction of sp³-hybridized carbons (Fsp3) is 0.0714. The Morgan fingerprint density at radius 2 is 1.91 bits per heavy atom. The molecule has 0 saturated heterocycles. The Balaban J connectivity index is 2.35. The number of hydrogen-bond donors (Lipinski definition) is 2. The Morgan fingerprint density at radius 1 is 1.23 bits per heavy atom. The number of halogens is 2. The summed E-state index contributed by atoms with van der Waals surface area (Å²) in [6.07, 6.45) is 0. The Labute approximate surface area is 150 Å². The minimum absolute atomic E-state index is 0.00533. The molecule has 0 unspecified atom stereocenters. The lowest BCUT2D eigenvalue weighted by atomic mass is 10.2. The summed E-state index contributed by atoms with van der Waals surface area (Å²) in [5.74, 6) is -0.324. The van der Waals surface area contributed by atoms with Crippen molar-refractivity contribution in [1.29, 1.82) is 0 Å².